The van der Waals surface area contributed by atoms with Crippen LogP contribution >= 0.6 is 0 Å². The zero-order valence-corrected chi connectivity index (χ0v) is 10.9. The van der Waals surface area contributed by atoms with Gasteiger partial charge in [0.1, 0.15) is 0 Å². The first kappa shape index (κ1) is 14.5. The molecule has 0 radical (unpaired) electrons. The number of ketones is 1. The summed E-state index contributed by atoms with van der Waals surface area (Å²) in [7, 11) is 4.65. The summed E-state index contributed by atoms with van der Waals surface area (Å²) >= 11 is 0. The third-order valence-corrected chi connectivity index (χ3v) is 2.64. The van der Waals surface area contributed by atoms with E-state index in [1.54, 1.807) is 32.4 Å². The Morgan fingerprint density at radius 2 is 1.89 bits per heavy atom. The standard InChI is InChI=1S/C13H19NO4/c1-16-7-6-10(14)13(15)9-4-5-11(17-2)12(8-9)18-3/h4-5,8,10H,6-7,14H2,1-3H3. The van der Waals surface area contributed by atoms with Gasteiger partial charge in [-0.2, -0.15) is 0 Å². The van der Waals surface area contributed by atoms with E-state index < -0.39 is 6.04 Å². The van der Waals surface area contributed by atoms with Gasteiger partial charge in [-0.05, 0) is 24.6 Å². The van der Waals surface area contributed by atoms with Gasteiger partial charge >= 0.3 is 0 Å². The van der Waals surface area contributed by atoms with Crippen LogP contribution in [0.1, 0.15) is 16.8 Å². The summed E-state index contributed by atoms with van der Waals surface area (Å²) in [5, 5.41) is 0. The molecule has 0 fully saturated rings. The van der Waals surface area contributed by atoms with Crippen LogP contribution in [0, 0.1) is 0 Å². The summed E-state index contributed by atoms with van der Waals surface area (Å²) in [6.07, 6.45) is 0.490. The monoisotopic (exact) mass is 253 g/mol. The molecular weight excluding hydrogens is 234 g/mol. The Morgan fingerprint density at radius 3 is 2.44 bits per heavy atom. The number of methoxy groups -OCH3 is 3. The maximum Gasteiger partial charge on any atom is 0.179 e. The lowest BCUT2D eigenvalue weighted by Crippen LogP contribution is -2.31. The van der Waals surface area contributed by atoms with Crippen LogP contribution < -0.4 is 15.2 Å². The second kappa shape index (κ2) is 6.98. The van der Waals surface area contributed by atoms with Crippen LogP contribution in [0.3, 0.4) is 0 Å². The van der Waals surface area contributed by atoms with Crippen LogP contribution in [0.15, 0.2) is 18.2 Å². The molecule has 0 aromatic heterocycles. The Balaban J connectivity index is 2.86. The molecule has 0 heterocycles. The first-order chi connectivity index (χ1) is 8.63. The van der Waals surface area contributed by atoms with Crippen molar-refractivity contribution in [1.82, 2.24) is 0 Å². The number of Topliss-reactive ketones (excluding diaryl/α,β-unsaturated/α-hetero) is 1. The van der Waals surface area contributed by atoms with E-state index in [1.165, 1.54) is 7.11 Å². The van der Waals surface area contributed by atoms with Crippen molar-refractivity contribution < 1.29 is 19.0 Å². The highest BCUT2D eigenvalue weighted by Gasteiger charge is 2.17. The summed E-state index contributed by atoms with van der Waals surface area (Å²) in [4.78, 5) is 12.0. The fourth-order valence-electron chi connectivity index (χ4n) is 1.58. The first-order valence-corrected chi connectivity index (χ1v) is 5.64. The molecule has 18 heavy (non-hydrogen) atoms. The van der Waals surface area contributed by atoms with Crippen LogP contribution in [-0.2, 0) is 4.74 Å². The molecule has 1 atom stereocenters. The minimum atomic E-state index is -0.567. The quantitative estimate of drug-likeness (QED) is 0.740. The summed E-state index contributed by atoms with van der Waals surface area (Å²) in [5.74, 6) is 0.967. The molecule has 0 spiro atoms. The number of carbonyl (C=O) groups is 1. The van der Waals surface area contributed by atoms with E-state index in [4.69, 9.17) is 19.9 Å². The summed E-state index contributed by atoms with van der Waals surface area (Å²) in [5.41, 5.74) is 6.31. The molecule has 5 heteroatoms. The maximum atomic E-state index is 12.0. The van der Waals surface area contributed by atoms with Gasteiger partial charge in [-0.15, -0.1) is 0 Å². The summed E-state index contributed by atoms with van der Waals surface area (Å²) in [6, 6.07) is 4.43. The van der Waals surface area contributed by atoms with E-state index in [2.05, 4.69) is 0 Å². The van der Waals surface area contributed by atoms with Gasteiger partial charge in [0, 0.05) is 19.3 Å². The fourth-order valence-corrected chi connectivity index (χ4v) is 1.58. The van der Waals surface area contributed by atoms with Crippen LogP contribution in [0.2, 0.25) is 0 Å². The molecule has 0 aliphatic rings. The molecule has 1 rings (SSSR count). The lowest BCUT2D eigenvalue weighted by atomic mass is 10.0. The number of benzene rings is 1. The molecule has 100 valence electrons. The van der Waals surface area contributed by atoms with E-state index in [1.807, 2.05) is 0 Å². The zero-order valence-electron chi connectivity index (χ0n) is 10.9. The second-order valence-electron chi connectivity index (χ2n) is 3.82. The Labute approximate surface area is 107 Å². The van der Waals surface area contributed by atoms with Gasteiger partial charge in [-0.3, -0.25) is 4.79 Å². The predicted octanol–water partition coefficient (Wildman–Crippen LogP) is 1.25. The van der Waals surface area contributed by atoms with Crippen LogP contribution in [0.4, 0.5) is 0 Å². The largest absolute Gasteiger partial charge is 0.493 e. The second-order valence-corrected chi connectivity index (χ2v) is 3.82. The normalized spacial score (nSPS) is 12.0. The fraction of sp³-hybridized carbons (Fsp3) is 0.462. The average Bonchev–Trinajstić information content (AvgIpc) is 2.42. The minimum absolute atomic E-state index is 0.131. The van der Waals surface area contributed by atoms with Gasteiger partial charge in [-0.1, -0.05) is 0 Å². The molecule has 0 aliphatic heterocycles. The molecule has 0 bridgehead atoms. The van der Waals surface area contributed by atoms with Gasteiger partial charge in [0.2, 0.25) is 0 Å². The molecule has 0 saturated heterocycles. The lowest BCUT2D eigenvalue weighted by molar-refractivity contribution is 0.0935. The van der Waals surface area contributed by atoms with E-state index >= 15 is 0 Å². The van der Waals surface area contributed by atoms with Crippen LogP contribution in [0.5, 0.6) is 11.5 Å². The average molecular weight is 253 g/mol. The number of hydrogen-bond acceptors (Lipinski definition) is 5. The third-order valence-electron chi connectivity index (χ3n) is 2.64. The highest BCUT2D eigenvalue weighted by atomic mass is 16.5. The Hall–Kier alpha value is -1.59. The van der Waals surface area contributed by atoms with Gasteiger partial charge in [-0.25, -0.2) is 0 Å². The number of rotatable bonds is 7. The van der Waals surface area contributed by atoms with Crippen molar-refractivity contribution in [2.45, 2.75) is 12.5 Å². The van der Waals surface area contributed by atoms with E-state index in [-0.39, 0.29) is 5.78 Å². The summed E-state index contributed by atoms with van der Waals surface area (Å²) in [6.45, 7) is 0.459. The van der Waals surface area contributed by atoms with E-state index in [0.717, 1.165) is 0 Å². The number of nitrogens with two attached hydrogens (primary N) is 1. The van der Waals surface area contributed by atoms with Gasteiger partial charge in [0.05, 0.1) is 20.3 Å². The van der Waals surface area contributed by atoms with Crippen LogP contribution in [-0.4, -0.2) is 39.8 Å². The van der Waals surface area contributed by atoms with Gasteiger partial charge in [0.15, 0.2) is 17.3 Å². The molecule has 2 N–H and O–H groups in total. The van der Waals surface area contributed by atoms with Crippen molar-refractivity contribution in [3.05, 3.63) is 23.8 Å². The Bertz CT molecular complexity index is 406. The number of hydrogen-bond donors (Lipinski definition) is 1. The number of ether oxygens (including phenoxy) is 3. The molecule has 1 unspecified atom stereocenters. The summed E-state index contributed by atoms with van der Waals surface area (Å²) < 4.78 is 15.2. The third kappa shape index (κ3) is 3.45. The first-order valence-electron chi connectivity index (χ1n) is 5.64. The highest BCUT2D eigenvalue weighted by Crippen LogP contribution is 2.28. The molecule has 1 aromatic rings. The van der Waals surface area contributed by atoms with E-state index in [0.29, 0.717) is 30.1 Å². The topological polar surface area (TPSA) is 70.8 Å². The van der Waals surface area contributed by atoms with Crippen molar-refractivity contribution in [2.75, 3.05) is 27.9 Å². The Morgan fingerprint density at radius 1 is 1.22 bits per heavy atom. The van der Waals surface area contributed by atoms with Crippen molar-refractivity contribution in [1.29, 1.82) is 0 Å². The smallest absolute Gasteiger partial charge is 0.179 e. The van der Waals surface area contributed by atoms with Crippen molar-refractivity contribution >= 4 is 5.78 Å². The molecular formula is C13H19NO4. The van der Waals surface area contributed by atoms with Crippen molar-refractivity contribution in [3.63, 3.8) is 0 Å². The molecule has 5 nitrogen and oxygen atoms in total. The van der Waals surface area contributed by atoms with Gasteiger partial charge < -0.3 is 19.9 Å². The molecule has 1 aromatic carbocycles. The van der Waals surface area contributed by atoms with Crippen molar-refractivity contribution in [2.24, 2.45) is 5.73 Å². The lowest BCUT2D eigenvalue weighted by Gasteiger charge is -2.12. The Kier molecular flexibility index (Phi) is 5.61. The zero-order chi connectivity index (χ0) is 13.5. The molecule has 0 amide bonds. The highest BCUT2D eigenvalue weighted by molar-refractivity contribution is 6.00. The van der Waals surface area contributed by atoms with Crippen molar-refractivity contribution in [3.8, 4) is 11.5 Å². The van der Waals surface area contributed by atoms with Crippen LogP contribution in [0.25, 0.3) is 0 Å². The van der Waals surface area contributed by atoms with E-state index in [9.17, 15) is 4.79 Å². The van der Waals surface area contributed by atoms with Gasteiger partial charge in [0.25, 0.3) is 0 Å². The predicted molar refractivity (Wildman–Crippen MR) is 68.3 cm³/mol. The molecule has 0 aliphatic carbocycles. The molecule has 0 saturated carbocycles. The SMILES string of the molecule is COCCC(N)C(=O)c1ccc(OC)c(OC)c1. The minimum Gasteiger partial charge on any atom is -0.493 e. The maximum absolute atomic E-state index is 12.0. The number of carbonyl (C=O) groups excluding carboxylic acids is 1.